The van der Waals surface area contributed by atoms with Crippen LogP contribution in [0.25, 0.3) is 0 Å². The van der Waals surface area contributed by atoms with Gasteiger partial charge in [0.15, 0.2) is 0 Å². The van der Waals surface area contributed by atoms with E-state index >= 15 is 0 Å². The molecule has 0 radical (unpaired) electrons. The predicted molar refractivity (Wildman–Crippen MR) is 86.5 cm³/mol. The summed E-state index contributed by atoms with van der Waals surface area (Å²) in [5.41, 5.74) is 2.97. The second-order valence-electron chi connectivity index (χ2n) is 5.88. The summed E-state index contributed by atoms with van der Waals surface area (Å²) in [5.74, 6) is -0.0497. The van der Waals surface area contributed by atoms with E-state index in [1.807, 2.05) is 6.07 Å². The third kappa shape index (κ3) is 5.21. The zero-order valence-corrected chi connectivity index (χ0v) is 13.0. The van der Waals surface area contributed by atoms with Crippen LogP contribution < -0.4 is 10.6 Å². The number of hydrogen-bond donors (Lipinski definition) is 2. The zero-order valence-electron chi connectivity index (χ0n) is 13.0. The molecule has 0 aromatic carbocycles. The molecule has 2 N–H and O–H groups in total. The first-order chi connectivity index (χ1) is 10.1. The first kappa shape index (κ1) is 15.5. The van der Waals surface area contributed by atoms with Crippen molar-refractivity contribution in [3.05, 3.63) is 35.7 Å². The van der Waals surface area contributed by atoms with Crippen LogP contribution in [0.5, 0.6) is 0 Å². The SMILES string of the molecule is CC(C)Nc1cncc(C(=O)NCCC2=CCCCC2)c1. The van der Waals surface area contributed by atoms with Crippen LogP contribution in [-0.4, -0.2) is 23.5 Å². The molecule has 2 rings (SSSR count). The molecule has 4 nitrogen and oxygen atoms in total. The lowest BCUT2D eigenvalue weighted by Crippen LogP contribution is -2.25. The molecule has 1 amide bonds. The van der Waals surface area contributed by atoms with Crippen molar-refractivity contribution in [2.24, 2.45) is 0 Å². The van der Waals surface area contributed by atoms with Crippen LogP contribution in [0, 0.1) is 0 Å². The van der Waals surface area contributed by atoms with Crippen LogP contribution in [-0.2, 0) is 0 Å². The topological polar surface area (TPSA) is 54.0 Å². The molecule has 1 aliphatic carbocycles. The Balaban J connectivity index is 1.83. The molecule has 114 valence electrons. The highest BCUT2D eigenvalue weighted by molar-refractivity contribution is 5.94. The summed E-state index contributed by atoms with van der Waals surface area (Å²) in [5, 5.41) is 6.24. The molecule has 0 fully saturated rings. The molecule has 0 aliphatic heterocycles. The van der Waals surface area contributed by atoms with Gasteiger partial charge in [0, 0.05) is 25.0 Å². The Morgan fingerprint density at radius 3 is 2.90 bits per heavy atom. The Morgan fingerprint density at radius 1 is 1.33 bits per heavy atom. The average Bonchev–Trinajstić information content (AvgIpc) is 2.48. The number of anilines is 1. The minimum atomic E-state index is -0.0497. The number of pyridine rings is 1. The van der Waals surface area contributed by atoms with Gasteiger partial charge in [-0.1, -0.05) is 11.6 Å². The summed E-state index contributed by atoms with van der Waals surface area (Å²) < 4.78 is 0. The number of carbonyl (C=O) groups is 1. The van der Waals surface area contributed by atoms with Crippen molar-refractivity contribution >= 4 is 11.6 Å². The number of carbonyl (C=O) groups excluding carboxylic acids is 1. The molecular formula is C17H25N3O. The van der Waals surface area contributed by atoms with Gasteiger partial charge in [0.2, 0.25) is 0 Å². The highest BCUT2D eigenvalue weighted by Gasteiger charge is 2.08. The Kier molecular flexibility index (Phi) is 5.78. The van der Waals surface area contributed by atoms with Gasteiger partial charge < -0.3 is 10.6 Å². The fraction of sp³-hybridized carbons (Fsp3) is 0.529. The summed E-state index contributed by atoms with van der Waals surface area (Å²) in [6.45, 7) is 4.82. The zero-order chi connectivity index (χ0) is 15.1. The van der Waals surface area contributed by atoms with Gasteiger partial charge in [-0.2, -0.15) is 0 Å². The maximum absolute atomic E-state index is 12.1. The van der Waals surface area contributed by atoms with Crippen LogP contribution in [0.15, 0.2) is 30.1 Å². The van der Waals surface area contributed by atoms with Crippen molar-refractivity contribution in [1.82, 2.24) is 10.3 Å². The molecule has 0 bridgehead atoms. The fourth-order valence-corrected chi connectivity index (χ4v) is 2.55. The molecule has 1 aliphatic rings. The van der Waals surface area contributed by atoms with Crippen LogP contribution in [0.2, 0.25) is 0 Å². The fourth-order valence-electron chi connectivity index (χ4n) is 2.55. The third-order valence-electron chi connectivity index (χ3n) is 3.57. The van der Waals surface area contributed by atoms with Crippen molar-refractivity contribution < 1.29 is 4.79 Å². The molecule has 0 unspecified atom stereocenters. The maximum Gasteiger partial charge on any atom is 0.252 e. The van der Waals surface area contributed by atoms with E-state index in [1.165, 1.54) is 31.3 Å². The second kappa shape index (κ2) is 7.81. The van der Waals surface area contributed by atoms with Crippen molar-refractivity contribution in [1.29, 1.82) is 0 Å². The first-order valence-corrected chi connectivity index (χ1v) is 7.83. The number of allylic oxidation sites excluding steroid dienone is 1. The van der Waals surface area contributed by atoms with Gasteiger partial charge in [0.1, 0.15) is 0 Å². The quantitative estimate of drug-likeness (QED) is 0.787. The lowest BCUT2D eigenvalue weighted by atomic mass is 9.97. The lowest BCUT2D eigenvalue weighted by Gasteiger charge is -2.13. The monoisotopic (exact) mass is 287 g/mol. The Morgan fingerprint density at radius 2 is 2.19 bits per heavy atom. The number of hydrogen-bond acceptors (Lipinski definition) is 3. The van der Waals surface area contributed by atoms with Gasteiger partial charge in [-0.3, -0.25) is 9.78 Å². The Labute approximate surface area is 127 Å². The standard InChI is InChI=1S/C17H25N3O/c1-13(2)20-16-10-15(11-18-12-16)17(21)19-9-8-14-6-4-3-5-7-14/h6,10-13,20H,3-5,7-9H2,1-2H3,(H,19,21). The number of nitrogens with zero attached hydrogens (tertiary/aromatic N) is 1. The molecule has 0 atom stereocenters. The van der Waals surface area contributed by atoms with E-state index in [-0.39, 0.29) is 5.91 Å². The van der Waals surface area contributed by atoms with E-state index in [9.17, 15) is 4.79 Å². The molecule has 1 aromatic heterocycles. The highest BCUT2D eigenvalue weighted by Crippen LogP contribution is 2.19. The van der Waals surface area contributed by atoms with E-state index in [1.54, 1.807) is 12.4 Å². The van der Waals surface area contributed by atoms with Gasteiger partial charge >= 0.3 is 0 Å². The van der Waals surface area contributed by atoms with Crippen LogP contribution in [0.1, 0.15) is 56.3 Å². The second-order valence-corrected chi connectivity index (χ2v) is 5.88. The molecule has 0 saturated carbocycles. The molecule has 4 heteroatoms. The van der Waals surface area contributed by atoms with Crippen LogP contribution >= 0.6 is 0 Å². The molecule has 21 heavy (non-hydrogen) atoms. The normalized spacial score (nSPS) is 14.7. The van der Waals surface area contributed by atoms with Gasteiger partial charge in [-0.05, 0) is 52.0 Å². The third-order valence-corrected chi connectivity index (χ3v) is 3.57. The highest BCUT2D eigenvalue weighted by atomic mass is 16.1. The number of aromatic nitrogens is 1. The summed E-state index contributed by atoms with van der Waals surface area (Å²) in [6.07, 6.45) is 11.6. The van der Waals surface area contributed by atoms with Gasteiger partial charge in [0.05, 0.1) is 11.3 Å². The van der Waals surface area contributed by atoms with Gasteiger partial charge in [-0.25, -0.2) is 0 Å². The first-order valence-electron chi connectivity index (χ1n) is 7.83. The number of rotatable bonds is 6. The molecule has 1 aromatic rings. The van der Waals surface area contributed by atoms with Crippen molar-refractivity contribution in [3.8, 4) is 0 Å². The molecular weight excluding hydrogens is 262 g/mol. The summed E-state index contributed by atoms with van der Waals surface area (Å²) in [4.78, 5) is 16.2. The van der Waals surface area contributed by atoms with Crippen molar-refractivity contribution in [2.75, 3.05) is 11.9 Å². The Hall–Kier alpha value is -1.84. The maximum atomic E-state index is 12.1. The van der Waals surface area contributed by atoms with E-state index in [0.717, 1.165) is 12.1 Å². The Bertz CT molecular complexity index is 509. The lowest BCUT2D eigenvalue weighted by molar-refractivity contribution is 0.0953. The van der Waals surface area contributed by atoms with Crippen molar-refractivity contribution in [3.63, 3.8) is 0 Å². The minimum absolute atomic E-state index is 0.0497. The van der Waals surface area contributed by atoms with Crippen LogP contribution in [0.3, 0.4) is 0 Å². The van der Waals surface area contributed by atoms with E-state index < -0.39 is 0 Å². The summed E-state index contributed by atoms with van der Waals surface area (Å²) in [6, 6.07) is 2.17. The average molecular weight is 287 g/mol. The smallest absolute Gasteiger partial charge is 0.252 e. The summed E-state index contributed by atoms with van der Waals surface area (Å²) in [7, 11) is 0. The predicted octanol–water partition coefficient (Wildman–Crippen LogP) is 3.52. The van der Waals surface area contributed by atoms with E-state index in [0.29, 0.717) is 18.2 Å². The molecule has 0 saturated heterocycles. The molecule has 0 spiro atoms. The number of nitrogens with one attached hydrogen (secondary N) is 2. The van der Waals surface area contributed by atoms with Gasteiger partial charge in [0.25, 0.3) is 5.91 Å². The minimum Gasteiger partial charge on any atom is -0.382 e. The largest absolute Gasteiger partial charge is 0.382 e. The number of amides is 1. The van der Waals surface area contributed by atoms with E-state index in [4.69, 9.17) is 0 Å². The van der Waals surface area contributed by atoms with Crippen LogP contribution in [0.4, 0.5) is 5.69 Å². The van der Waals surface area contributed by atoms with Crippen molar-refractivity contribution in [2.45, 2.75) is 52.0 Å². The van der Waals surface area contributed by atoms with Gasteiger partial charge in [-0.15, -0.1) is 0 Å². The van der Waals surface area contributed by atoms with E-state index in [2.05, 4.69) is 35.5 Å². The molecule has 1 heterocycles. The summed E-state index contributed by atoms with van der Waals surface area (Å²) >= 11 is 0.